The van der Waals surface area contributed by atoms with Crippen molar-refractivity contribution in [2.75, 3.05) is 11.4 Å². The molecule has 0 saturated carbocycles. The van der Waals surface area contributed by atoms with E-state index in [1.807, 2.05) is 17.0 Å². The van der Waals surface area contributed by atoms with E-state index in [1.165, 1.54) is 5.56 Å². The first-order valence-electron chi connectivity index (χ1n) is 5.97. The van der Waals surface area contributed by atoms with Gasteiger partial charge in [0.25, 0.3) is 0 Å². The van der Waals surface area contributed by atoms with Gasteiger partial charge in [0.15, 0.2) is 0 Å². The van der Waals surface area contributed by atoms with E-state index in [0.29, 0.717) is 6.42 Å². The summed E-state index contributed by atoms with van der Waals surface area (Å²) in [6.45, 7) is 7.26. The quantitative estimate of drug-likeness (QED) is 0.759. The number of carbonyl (C=O) groups is 1. The van der Waals surface area contributed by atoms with Gasteiger partial charge in [0.05, 0.1) is 0 Å². The van der Waals surface area contributed by atoms with Crippen LogP contribution < -0.4 is 4.90 Å². The molecular formula is C14H19NOS. The van der Waals surface area contributed by atoms with Crippen LogP contribution in [0.3, 0.4) is 0 Å². The second kappa shape index (κ2) is 4.37. The van der Waals surface area contributed by atoms with Crippen LogP contribution in [0.2, 0.25) is 0 Å². The first-order chi connectivity index (χ1) is 7.88. The normalized spacial score (nSPS) is 21.1. The summed E-state index contributed by atoms with van der Waals surface area (Å²) in [7, 11) is 0. The van der Waals surface area contributed by atoms with Crippen LogP contribution in [-0.4, -0.2) is 17.7 Å². The topological polar surface area (TPSA) is 20.3 Å². The van der Waals surface area contributed by atoms with Gasteiger partial charge in [-0.2, -0.15) is 12.6 Å². The van der Waals surface area contributed by atoms with E-state index in [0.717, 1.165) is 12.2 Å². The van der Waals surface area contributed by atoms with E-state index in [2.05, 4.69) is 45.5 Å². The van der Waals surface area contributed by atoms with Crippen molar-refractivity contribution in [1.29, 1.82) is 0 Å². The maximum absolute atomic E-state index is 11.8. The zero-order valence-corrected chi connectivity index (χ0v) is 11.5. The summed E-state index contributed by atoms with van der Waals surface area (Å²) >= 11 is 4.38. The van der Waals surface area contributed by atoms with Crippen molar-refractivity contribution in [1.82, 2.24) is 0 Å². The molecular weight excluding hydrogens is 230 g/mol. The summed E-state index contributed by atoms with van der Waals surface area (Å²) in [4.78, 5) is 13.7. The molecule has 0 aromatic heterocycles. The van der Waals surface area contributed by atoms with E-state index in [1.54, 1.807) is 0 Å². The average Bonchev–Trinajstić information content (AvgIpc) is 2.57. The number of anilines is 1. The Morgan fingerprint density at radius 3 is 2.59 bits per heavy atom. The fourth-order valence-corrected chi connectivity index (χ4v) is 2.40. The minimum Gasteiger partial charge on any atom is -0.311 e. The van der Waals surface area contributed by atoms with E-state index in [-0.39, 0.29) is 16.6 Å². The summed E-state index contributed by atoms with van der Waals surface area (Å²) in [5.41, 5.74) is 2.36. The molecule has 1 saturated heterocycles. The number of benzene rings is 1. The van der Waals surface area contributed by atoms with E-state index in [4.69, 9.17) is 0 Å². The lowest BCUT2D eigenvalue weighted by Crippen LogP contribution is -2.25. The number of nitrogens with zero attached hydrogens (tertiary/aromatic N) is 1. The molecule has 0 spiro atoms. The summed E-state index contributed by atoms with van der Waals surface area (Å²) in [6.07, 6.45) is 0.545. The SMILES string of the molecule is CC(C)(C)c1cccc(N2CC(S)CC2=O)c1. The second-order valence-corrected chi connectivity index (χ2v) is 6.39. The monoisotopic (exact) mass is 249 g/mol. The van der Waals surface area contributed by atoms with Gasteiger partial charge in [0.1, 0.15) is 0 Å². The van der Waals surface area contributed by atoms with Gasteiger partial charge in [-0.05, 0) is 23.1 Å². The first kappa shape index (κ1) is 12.5. The lowest BCUT2D eigenvalue weighted by atomic mass is 9.87. The molecule has 1 amide bonds. The summed E-state index contributed by atoms with van der Waals surface area (Å²) in [5, 5.41) is 0.167. The van der Waals surface area contributed by atoms with Gasteiger partial charge in [-0.3, -0.25) is 4.79 Å². The molecule has 0 aliphatic carbocycles. The lowest BCUT2D eigenvalue weighted by Gasteiger charge is -2.22. The van der Waals surface area contributed by atoms with Crippen molar-refractivity contribution in [3.8, 4) is 0 Å². The van der Waals surface area contributed by atoms with Crippen LogP contribution in [0.1, 0.15) is 32.8 Å². The van der Waals surface area contributed by atoms with Crippen molar-refractivity contribution in [3.05, 3.63) is 29.8 Å². The fraction of sp³-hybridized carbons (Fsp3) is 0.500. The Bertz CT molecular complexity index is 436. The van der Waals surface area contributed by atoms with E-state index >= 15 is 0 Å². The van der Waals surface area contributed by atoms with Crippen LogP contribution in [-0.2, 0) is 10.2 Å². The lowest BCUT2D eigenvalue weighted by molar-refractivity contribution is -0.117. The highest BCUT2D eigenvalue weighted by Gasteiger charge is 2.28. The Balaban J connectivity index is 2.31. The van der Waals surface area contributed by atoms with Gasteiger partial charge in [-0.15, -0.1) is 0 Å². The maximum Gasteiger partial charge on any atom is 0.228 e. The molecule has 1 aliphatic rings. The van der Waals surface area contributed by atoms with Crippen molar-refractivity contribution in [3.63, 3.8) is 0 Å². The Morgan fingerprint density at radius 1 is 1.35 bits per heavy atom. The molecule has 1 aromatic carbocycles. The van der Waals surface area contributed by atoms with Crippen molar-refractivity contribution < 1.29 is 4.79 Å². The van der Waals surface area contributed by atoms with Gasteiger partial charge in [0.2, 0.25) is 5.91 Å². The van der Waals surface area contributed by atoms with Gasteiger partial charge in [-0.1, -0.05) is 32.9 Å². The van der Waals surface area contributed by atoms with Crippen molar-refractivity contribution >= 4 is 24.2 Å². The third kappa shape index (κ3) is 2.65. The molecule has 1 aliphatic heterocycles. The molecule has 17 heavy (non-hydrogen) atoms. The predicted molar refractivity (Wildman–Crippen MR) is 74.9 cm³/mol. The number of amides is 1. The molecule has 2 rings (SSSR count). The molecule has 92 valence electrons. The molecule has 1 atom stereocenters. The van der Waals surface area contributed by atoms with Crippen molar-refractivity contribution in [2.45, 2.75) is 37.9 Å². The summed E-state index contributed by atoms with van der Waals surface area (Å²) < 4.78 is 0. The molecule has 0 bridgehead atoms. The van der Waals surface area contributed by atoms with Gasteiger partial charge >= 0.3 is 0 Å². The van der Waals surface area contributed by atoms with Crippen LogP contribution >= 0.6 is 12.6 Å². The van der Waals surface area contributed by atoms with Crippen LogP contribution in [0, 0.1) is 0 Å². The van der Waals surface area contributed by atoms with Crippen LogP contribution in [0.4, 0.5) is 5.69 Å². The molecule has 1 heterocycles. The van der Waals surface area contributed by atoms with Gasteiger partial charge < -0.3 is 4.90 Å². The Hall–Kier alpha value is -0.960. The zero-order valence-electron chi connectivity index (χ0n) is 10.6. The second-order valence-electron chi connectivity index (χ2n) is 5.66. The largest absolute Gasteiger partial charge is 0.311 e. The zero-order chi connectivity index (χ0) is 12.6. The molecule has 3 heteroatoms. The molecule has 0 radical (unpaired) electrons. The fourth-order valence-electron chi connectivity index (χ4n) is 2.08. The average molecular weight is 249 g/mol. The third-order valence-corrected chi connectivity index (χ3v) is 3.47. The molecule has 1 fully saturated rings. The molecule has 1 aromatic rings. The smallest absolute Gasteiger partial charge is 0.228 e. The Labute approximate surface area is 108 Å². The number of thiol groups is 1. The Kier molecular flexibility index (Phi) is 3.21. The minimum atomic E-state index is 0.110. The number of rotatable bonds is 1. The molecule has 2 nitrogen and oxygen atoms in total. The van der Waals surface area contributed by atoms with Crippen LogP contribution in [0.25, 0.3) is 0 Å². The van der Waals surface area contributed by atoms with Crippen LogP contribution in [0.5, 0.6) is 0 Å². The van der Waals surface area contributed by atoms with Gasteiger partial charge in [-0.25, -0.2) is 0 Å². The van der Waals surface area contributed by atoms with E-state index in [9.17, 15) is 4.79 Å². The molecule has 0 N–H and O–H groups in total. The van der Waals surface area contributed by atoms with Gasteiger partial charge in [0, 0.05) is 23.9 Å². The number of carbonyl (C=O) groups excluding carboxylic acids is 1. The molecule has 1 unspecified atom stereocenters. The van der Waals surface area contributed by atoms with E-state index < -0.39 is 0 Å². The number of hydrogen-bond donors (Lipinski definition) is 1. The maximum atomic E-state index is 11.8. The number of hydrogen-bond acceptors (Lipinski definition) is 2. The standard InChI is InChI=1S/C14H19NOS/c1-14(2,3)10-5-4-6-11(7-10)15-9-12(17)8-13(15)16/h4-7,12,17H,8-9H2,1-3H3. The Morgan fingerprint density at radius 2 is 2.06 bits per heavy atom. The highest BCUT2D eigenvalue weighted by Crippen LogP contribution is 2.29. The predicted octanol–water partition coefficient (Wildman–Crippen LogP) is 3.02. The van der Waals surface area contributed by atoms with Crippen molar-refractivity contribution in [2.24, 2.45) is 0 Å². The minimum absolute atomic E-state index is 0.110. The highest BCUT2D eigenvalue weighted by molar-refractivity contribution is 7.81. The highest BCUT2D eigenvalue weighted by atomic mass is 32.1. The summed E-state index contributed by atoms with van der Waals surface area (Å²) in [6, 6.07) is 8.25. The van der Waals surface area contributed by atoms with Crippen LogP contribution in [0.15, 0.2) is 24.3 Å². The first-order valence-corrected chi connectivity index (χ1v) is 6.48. The third-order valence-electron chi connectivity index (χ3n) is 3.13. The summed E-state index contributed by atoms with van der Waals surface area (Å²) in [5.74, 6) is 0.177.